The summed E-state index contributed by atoms with van der Waals surface area (Å²) < 4.78 is 0. The molecule has 0 aromatic heterocycles. The van der Waals surface area contributed by atoms with E-state index in [1.165, 1.54) is 33.5 Å². The summed E-state index contributed by atoms with van der Waals surface area (Å²) in [5.74, 6) is 0. The molecule has 2 N–H and O–H groups in total. The molecule has 0 bridgehead atoms. The summed E-state index contributed by atoms with van der Waals surface area (Å²) in [6, 6.07) is 12.9. The summed E-state index contributed by atoms with van der Waals surface area (Å²) in [5.41, 5.74) is 13.6. The second-order valence-electron chi connectivity index (χ2n) is 5.52. The second-order valence-corrected chi connectivity index (χ2v) is 5.52. The van der Waals surface area contributed by atoms with Gasteiger partial charge in [0.2, 0.25) is 0 Å². The van der Waals surface area contributed by atoms with Gasteiger partial charge in [-0.15, -0.1) is 0 Å². The lowest BCUT2D eigenvalue weighted by atomic mass is 9.98. The molecule has 0 spiro atoms. The van der Waals surface area contributed by atoms with E-state index in [1.807, 2.05) is 0 Å². The van der Waals surface area contributed by atoms with Crippen molar-refractivity contribution in [2.24, 2.45) is 5.73 Å². The van der Waals surface area contributed by atoms with Crippen molar-refractivity contribution in [1.29, 1.82) is 0 Å². The van der Waals surface area contributed by atoms with Crippen LogP contribution in [0.25, 0.3) is 0 Å². The van der Waals surface area contributed by atoms with Gasteiger partial charge in [0.25, 0.3) is 0 Å². The molecule has 0 saturated carbocycles. The van der Waals surface area contributed by atoms with Crippen molar-refractivity contribution in [3.05, 3.63) is 64.2 Å². The Labute approximate surface area is 122 Å². The van der Waals surface area contributed by atoms with Crippen LogP contribution in [0.15, 0.2) is 36.4 Å². The zero-order valence-corrected chi connectivity index (χ0v) is 12.9. The van der Waals surface area contributed by atoms with Crippen molar-refractivity contribution >= 4 is 5.69 Å². The first-order chi connectivity index (χ1) is 9.52. The van der Waals surface area contributed by atoms with E-state index in [0.29, 0.717) is 6.54 Å². The summed E-state index contributed by atoms with van der Waals surface area (Å²) in [7, 11) is 2.13. The molecule has 0 aliphatic rings. The van der Waals surface area contributed by atoms with Crippen molar-refractivity contribution in [2.75, 3.05) is 11.9 Å². The van der Waals surface area contributed by atoms with Crippen LogP contribution < -0.4 is 10.6 Å². The standard InChI is InChI=1S/C18H24N2/c1-13-8-9-17(15(3)14(13)2)12-20(4)18-7-5-6-16(10-18)11-19/h5-10H,11-12,19H2,1-4H3. The van der Waals surface area contributed by atoms with Gasteiger partial charge in [-0.1, -0.05) is 24.3 Å². The minimum Gasteiger partial charge on any atom is -0.370 e. The van der Waals surface area contributed by atoms with E-state index in [1.54, 1.807) is 0 Å². The number of nitrogens with two attached hydrogens (primary N) is 1. The second kappa shape index (κ2) is 6.10. The van der Waals surface area contributed by atoms with Gasteiger partial charge in [-0.3, -0.25) is 0 Å². The van der Waals surface area contributed by atoms with Crippen molar-refractivity contribution in [3.8, 4) is 0 Å². The first-order valence-corrected chi connectivity index (χ1v) is 7.08. The van der Waals surface area contributed by atoms with Gasteiger partial charge < -0.3 is 10.6 Å². The van der Waals surface area contributed by atoms with E-state index in [-0.39, 0.29) is 0 Å². The molecular weight excluding hydrogens is 244 g/mol. The molecule has 0 amide bonds. The van der Waals surface area contributed by atoms with E-state index in [2.05, 4.69) is 69.1 Å². The summed E-state index contributed by atoms with van der Waals surface area (Å²) in [6.07, 6.45) is 0. The van der Waals surface area contributed by atoms with Crippen LogP contribution in [0.2, 0.25) is 0 Å². The third kappa shape index (κ3) is 3.02. The zero-order chi connectivity index (χ0) is 14.7. The van der Waals surface area contributed by atoms with Crippen molar-refractivity contribution in [3.63, 3.8) is 0 Å². The van der Waals surface area contributed by atoms with E-state index in [4.69, 9.17) is 5.73 Å². The average Bonchev–Trinajstić information content (AvgIpc) is 2.48. The SMILES string of the molecule is Cc1ccc(CN(C)c2cccc(CN)c2)c(C)c1C. The van der Waals surface area contributed by atoms with Gasteiger partial charge in [0, 0.05) is 25.8 Å². The Kier molecular flexibility index (Phi) is 4.46. The van der Waals surface area contributed by atoms with E-state index >= 15 is 0 Å². The number of anilines is 1. The third-order valence-electron chi connectivity index (χ3n) is 4.16. The summed E-state index contributed by atoms with van der Waals surface area (Å²) in [5, 5.41) is 0. The smallest absolute Gasteiger partial charge is 0.0428 e. The molecule has 0 heterocycles. The molecule has 2 nitrogen and oxygen atoms in total. The Morgan fingerprint density at radius 3 is 2.45 bits per heavy atom. The largest absolute Gasteiger partial charge is 0.370 e. The fourth-order valence-corrected chi connectivity index (χ4v) is 2.45. The average molecular weight is 268 g/mol. The Morgan fingerprint density at radius 1 is 1.00 bits per heavy atom. The molecule has 2 rings (SSSR count). The minimum absolute atomic E-state index is 0.588. The van der Waals surface area contributed by atoms with Crippen LogP contribution in [0.3, 0.4) is 0 Å². The van der Waals surface area contributed by atoms with Crippen LogP contribution in [0.4, 0.5) is 5.69 Å². The quantitative estimate of drug-likeness (QED) is 0.916. The Hall–Kier alpha value is -1.80. The van der Waals surface area contributed by atoms with Crippen molar-refractivity contribution < 1.29 is 0 Å². The van der Waals surface area contributed by atoms with E-state index < -0.39 is 0 Å². The highest BCUT2D eigenvalue weighted by Gasteiger charge is 2.07. The molecule has 0 fully saturated rings. The lowest BCUT2D eigenvalue weighted by molar-refractivity contribution is 0.906. The van der Waals surface area contributed by atoms with Gasteiger partial charge in [0.1, 0.15) is 0 Å². The first-order valence-electron chi connectivity index (χ1n) is 7.08. The van der Waals surface area contributed by atoms with Gasteiger partial charge in [0.05, 0.1) is 0 Å². The molecule has 0 aliphatic heterocycles. The minimum atomic E-state index is 0.588. The van der Waals surface area contributed by atoms with Crippen LogP contribution in [-0.4, -0.2) is 7.05 Å². The van der Waals surface area contributed by atoms with Gasteiger partial charge in [-0.05, 0) is 60.7 Å². The Balaban J connectivity index is 2.23. The molecule has 2 aromatic rings. The predicted octanol–water partition coefficient (Wildman–Crippen LogP) is 3.71. The van der Waals surface area contributed by atoms with Gasteiger partial charge in [-0.2, -0.15) is 0 Å². The summed E-state index contributed by atoms with van der Waals surface area (Å²) in [4.78, 5) is 2.27. The first kappa shape index (κ1) is 14.6. The Morgan fingerprint density at radius 2 is 1.75 bits per heavy atom. The molecule has 2 heteroatoms. The number of benzene rings is 2. The van der Waals surface area contributed by atoms with Crippen molar-refractivity contribution in [2.45, 2.75) is 33.9 Å². The number of hydrogen-bond acceptors (Lipinski definition) is 2. The normalized spacial score (nSPS) is 10.7. The van der Waals surface area contributed by atoms with Crippen LogP contribution >= 0.6 is 0 Å². The van der Waals surface area contributed by atoms with E-state index in [9.17, 15) is 0 Å². The Bertz CT molecular complexity index is 602. The summed E-state index contributed by atoms with van der Waals surface area (Å²) >= 11 is 0. The molecule has 2 aromatic carbocycles. The topological polar surface area (TPSA) is 29.3 Å². The number of rotatable bonds is 4. The lowest BCUT2D eigenvalue weighted by Gasteiger charge is -2.22. The monoisotopic (exact) mass is 268 g/mol. The summed E-state index contributed by atoms with van der Waals surface area (Å²) in [6.45, 7) is 8.08. The van der Waals surface area contributed by atoms with E-state index in [0.717, 1.165) is 6.54 Å². The molecular formula is C18H24N2. The fraction of sp³-hybridized carbons (Fsp3) is 0.333. The van der Waals surface area contributed by atoms with Gasteiger partial charge >= 0.3 is 0 Å². The highest BCUT2D eigenvalue weighted by molar-refractivity contribution is 5.49. The zero-order valence-electron chi connectivity index (χ0n) is 12.9. The van der Waals surface area contributed by atoms with Gasteiger partial charge in [0.15, 0.2) is 0 Å². The molecule has 0 radical (unpaired) electrons. The molecule has 0 atom stereocenters. The molecule has 106 valence electrons. The van der Waals surface area contributed by atoms with Crippen LogP contribution in [0, 0.1) is 20.8 Å². The van der Waals surface area contributed by atoms with Crippen LogP contribution in [0.5, 0.6) is 0 Å². The lowest BCUT2D eigenvalue weighted by Crippen LogP contribution is -2.17. The fourth-order valence-electron chi connectivity index (χ4n) is 2.45. The molecule has 0 saturated heterocycles. The number of hydrogen-bond donors (Lipinski definition) is 1. The number of nitrogens with zero attached hydrogens (tertiary/aromatic N) is 1. The highest BCUT2D eigenvalue weighted by Crippen LogP contribution is 2.21. The molecule has 0 aliphatic carbocycles. The maximum atomic E-state index is 5.71. The van der Waals surface area contributed by atoms with Crippen molar-refractivity contribution in [1.82, 2.24) is 0 Å². The maximum absolute atomic E-state index is 5.71. The predicted molar refractivity (Wildman–Crippen MR) is 87.1 cm³/mol. The van der Waals surface area contributed by atoms with Gasteiger partial charge in [-0.25, -0.2) is 0 Å². The van der Waals surface area contributed by atoms with Crippen LogP contribution in [0.1, 0.15) is 27.8 Å². The highest BCUT2D eigenvalue weighted by atomic mass is 15.1. The molecule has 20 heavy (non-hydrogen) atoms. The van der Waals surface area contributed by atoms with Crippen LogP contribution in [-0.2, 0) is 13.1 Å². The molecule has 0 unspecified atom stereocenters. The third-order valence-corrected chi connectivity index (χ3v) is 4.16. The number of aryl methyl sites for hydroxylation is 1. The maximum Gasteiger partial charge on any atom is 0.0428 e.